The minimum atomic E-state index is -1.92. The molecule has 0 spiro atoms. The first kappa shape index (κ1) is 22.4. The Morgan fingerprint density at radius 3 is 2.38 bits per heavy atom. The molecule has 0 bridgehead atoms. The zero-order valence-corrected chi connectivity index (χ0v) is 18.4. The van der Waals surface area contributed by atoms with Crippen LogP contribution in [0.25, 0.3) is 6.08 Å². The van der Waals surface area contributed by atoms with Crippen LogP contribution in [0.3, 0.4) is 0 Å². The highest BCUT2D eigenvalue weighted by atomic mass is 28.4. The van der Waals surface area contributed by atoms with Crippen molar-refractivity contribution < 1.29 is 14.0 Å². The standard InChI is InChI=1S/C22H34O3Si/c1-18(16-17-19-12-9-8-10-13-19)20(14-11-15-21(23)24-5)25-26(6,7)22(2,3)4/h8-10,12-13,17,20H,11,14-15H2,1-7H3/t16?,20-/m0/s1. The zero-order chi connectivity index (χ0) is 19.8. The molecule has 1 atom stereocenters. The molecule has 26 heavy (non-hydrogen) atoms. The third-order valence-electron chi connectivity index (χ3n) is 5.07. The first-order chi connectivity index (χ1) is 12.1. The molecule has 0 aromatic heterocycles. The number of rotatable bonds is 8. The number of hydrogen-bond donors (Lipinski definition) is 0. The molecular formula is C22H34O3Si. The molecule has 0 aliphatic rings. The maximum absolute atomic E-state index is 11.4. The van der Waals surface area contributed by atoms with E-state index in [1.54, 1.807) is 0 Å². The average Bonchev–Trinajstić information content (AvgIpc) is 2.58. The molecule has 0 N–H and O–H groups in total. The molecule has 0 aliphatic carbocycles. The van der Waals surface area contributed by atoms with E-state index in [2.05, 4.69) is 58.7 Å². The van der Waals surface area contributed by atoms with Crippen LogP contribution < -0.4 is 0 Å². The van der Waals surface area contributed by atoms with E-state index in [0.29, 0.717) is 6.42 Å². The Morgan fingerprint density at radius 1 is 1.23 bits per heavy atom. The fourth-order valence-electron chi connectivity index (χ4n) is 2.27. The summed E-state index contributed by atoms with van der Waals surface area (Å²) >= 11 is 0. The van der Waals surface area contributed by atoms with Crippen molar-refractivity contribution >= 4 is 20.4 Å². The molecule has 0 saturated carbocycles. The van der Waals surface area contributed by atoms with Gasteiger partial charge in [-0.25, -0.2) is 0 Å². The second-order valence-corrected chi connectivity index (χ2v) is 13.0. The van der Waals surface area contributed by atoms with Gasteiger partial charge >= 0.3 is 5.97 Å². The van der Waals surface area contributed by atoms with Crippen LogP contribution in [0, 0.1) is 0 Å². The lowest BCUT2D eigenvalue weighted by atomic mass is 10.1. The van der Waals surface area contributed by atoms with Gasteiger partial charge in [0.25, 0.3) is 0 Å². The fraction of sp³-hybridized carbons (Fsp3) is 0.545. The number of methoxy groups -OCH3 is 1. The Bertz CT molecular complexity index is 635. The maximum Gasteiger partial charge on any atom is 0.305 e. The van der Waals surface area contributed by atoms with Crippen LogP contribution >= 0.6 is 0 Å². The van der Waals surface area contributed by atoms with Crippen LogP contribution in [0.15, 0.2) is 41.6 Å². The van der Waals surface area contributed by atoms with E-state index >= 15 is 0 Å². The summed E-state index contributed by atoms with van der Waals surface area (Å²) < 4.78 is 11.4. The number of hydrogen-bond acceptors (Lipinski definition) is 3. The molecule has 0 aliphatic heterocycles. The highest BCUT2D eigenvalue weighted by molar-refractivity contribution is 6.74. The smallest absolute Gasteiger partial charge is 0.305 e. The van der Waals surface area contributed by atoms with Gasteiger partial charge in [0, 0.05) is 6.42 Å². The molecule has 4 heteroatoms. The Morgan fingerprint density at radius 2 is 1.85 bits per heavy atom. The summed E-state index contributed by atoms with van der Waals surface area (Å²) in [5.41, 5.74) is 5.59. The van der Waals surface area contributed by atoms with E-state index in [1.807, 2.05) is 24.3 Å². The largest absolute Gasteiger partial charge is 0.469 e. The topological polar surface area (TPSA) is 35.5 Å². The lowest BCUT2D eigenvalue weighted by Gasteiger charge is -2.39. The average molecular weight is 375 g/mol. The Balaban J connectivity index is 2.98. The van der Waals surface area contributed by atoms with E-state index in [9.17, 15) is 4.79 Å². The normalized spacial score (nSPS) is 12.9. The number of carbonyl (C=O) groups is 1. The van der Waals surface area contributed by atoms with Crippen LogP contribution in [-0.4, -0.2) is 27.5 Å². The second-order valence-electron chi connectivity index (χ2n) is 8.22. The van der Waals surface area contributed by atoms with Crippen LogP contribution in [0.1, 0.15) is 52.5 Å². The van der Waals surface area contributed by atoms with Gasteiger partial charge in [0.1, 0.15) is 0 Å². The monoisotopic (exact) mass is 374 g/mol. The molecule has 3 nitrogen and oxygen atoms in total. The predicted molar refractivity (Wildman–Crippen MR) is 112 cm³/mol. The molecule has 0 fully saturated rings. The quantitative estimate of drug-likeness (QED) is 0.319. The third kappa shape index (κ3) is 7.33. The molecule has 0 unspecified atom stereocenters. The van der Waals surface area contributed by atoms with Gasteiger partial charge in [0.15, 0.2) is 8.32 Å². The summed E-state index contributed by atoms with van der Waals surface area (Å²) in [7, 11) is -0.485. The van der Waals surface area contributed by atoms with Crippen molar-refractivity contribution in [1.82, 2.24) is 0 Å². The van der Waals surface area contributed by atoms with Crippen molar-refractivity contribution in [3.05, 3.63) is 47.2 Å². The van der Waals surface area contributed by atoms with Crippen molar-refractivity contribution in [2.75, 3.05) is 7.11 Å². The van der Waals surface area contributed by atoms with Crippen molar-refractivity contribution in [1.29, 1.82) is 0 Å². The van der Waals surface area contributed by atoms with Crippen LogP contribution in [0.2, 0.25) is 18.1 Å². The first-order valence-electron chi connectivity index (χ1n) is 9.29. The Hall–Kier alpha value is -1.61. The minimum Gasteiger partial charge on any atom is -0.469 e. The second kappa shape index (κ2) is 9.91. The highest BCUT2D eigenvalue weighted by Gasteiger charge is 2.39. The van der Waals surface area contributed by atoms with Gasteiger partial charge in [0.2, 0.25) is 0 Å². The zero-order valence-electron chi connectivity index (χ0n) is 17.4. The first-order valence-corrected chi connectivity index (χ1v) is 12.2. The summed E-state index contributed by atoms with van der Waals surface area (Å²) in [5, 5.41) is 0.136. The van der Waals surface area contributed by atoms with Gasteiger partial charge in [-0.15, -0.1) is 5.73 Å². The van der Waals surface area contributed by atoms with Crippen LogP contribution in [0.5, 0.6) is 0 Å². The molecule has 0 heterocycles. The fourth-order valence-corrected chi connectivity index (χ4v) is 3.63. The molecule has 0 amide bonds. The Kier molecular flexibility index (Phi) is 8.55. The van der Waals surface area contributed by atoms with Crippen LogP contribution in [0.4, 0.5) is 0 Å². The van der Waals surface area contributed by atoms with Gasteiger partial charge in [-0.2, -0.15) is 0 Å². The van der Waals surface area contributed by atoms with E-state index in [-0.39, 0.29) is 17.1 Å². The summed E-state index contributed by atoms with van der Waals surface area (Å²) in [6.45, 7) is 13.3. The molecule has 144 valence electrons. The number of ether oxygens (including phenoxy) is 1. The van der Waals surface area contributed by atoms with Gasteiger partial charge in [-0.1, -0.05) is 51.1 Å². The maximum atomic E-state index is 11.4. The van der Waals surface area contributed by atoms with E-state index in [0.717, 1.165) is 24.0 Å². The summed E-state index contributed by atoms with van der Waals surface area (Å²) in [6, 6.07) is 10.2. The third-order valence-corrected chi connectivity index (χ3v) is 9.55. The highest BCUT2D eigenvalue weighted by Crippen LogP contribution is 2.38. The van der Waals surface area contributed by atoms with Gasteiger partial charge in [-0.3, -0.25) is 4.79 Å². The molecular weight excluding hydrogens is 340 g/mol. The number of benzene rings is 1. The molecule has 0 saturated heterocycles. The minimum absolute atomic E-state index is 0.0273. The summed E-state index contributed by atoms with van der Waals surface area (Å²) in [5.74, 6) is -0.169. The van der Waals surface area contributed by atoms with Crippen molar-refractivity contribution in [2.24, 2.45) is 0 Å². The number of esters is 1. The van der Waals surface area contributed by atoms with Crippen molar-refractivity contribution in [2.45, 2.75) is 71.2 Å². The predicted octanol–water partition coefficient (Wildman–Crippen LogP) is 5.98. The van der Waals surface area contributed by atoms with Crippen molar-refractivity contribution in [3.63, 3.8) is 0 Å². The van der Waals surface area contributed by atoms with Crippen molar-refractivity contribution in [3.8, 4) is 0 Å². The van der Waals surface area contributed by atoms with E-state index in [4.69, 9.17) is 9.16 Å². The molecule has 1 rings (SSSR count). The number of carbonyl (C=O) groups excluding carboxylic acids is 1. The lowest BCUT2D eigenvalue weighted by molar-refractivity contribution is -0.140. The van der Waals surface area contributed by atoms with Gasteiger partial charge < -0.3 is 9.16 Å². The van der Waals surface area contributed by atoms with Gasteiger partial charge in [0.05, 0.1) is 13.2 Å². The van der Waals surface area contributed by atoms with Gasteiger partial charge in [-0.05, 0) is 55.1 Å². The summed E-state index contributed by atoms with van der Waals surface area (Å²) in [6.07, 6.45) is 3.93. The van der Waals surface area contributed by atoms with E-state index in [1.165, 1.54) is 7.11 Å². The molecule has 0 radical (unpaired) electrons. The Labute approximate surface area is 160 Å². The molecule has 1 aromatic carbocycles. The SMILES string of the molecule is COC(=O)CCC[C@H](O[Si](C)(C)C(C)(C)C)C(C)=C=Cc1ccccc1. The lowest BCUT2D eigenvalue weighted by Crippen LogP contribution is -2.44. The van der Waals surface area contributed by atoms with Crippen LogP contribution in [-0.2, 0) is 14.0 Å². The molecule has 1 aromatic rings. The van der Waals surface area contributed by atoms with E-state index < -0.39 is 8.32 Å². The summed E-state index contributed by atoms with van der Waals surface area (Å²) in [4.78, 5) is 11.4.